The number of nitriles is 1. The Kier molecular flexibility index (Phi) is 8.07. The van der Waals surface area contributed by atoms with E-state index in [0.29, 0.717) is 53.3 Å². The van der Waals surface area contributed by atoms with Gasteiger partial charge in [0, 0.05) is 11.6 Å². The average Bonchev–Trinajstić information content (AvgIpc) is 2.91. The molecule has 1 atom stereocenters. The molecule has 2 N–H and O–H groups in total. The number of fused-ring (bicyclic) bond motifs is 1. The molecule has 0 radical (unpaired) electrons. The number of methoxy groups -OCH3 is 1. The van der Waals surface area contributed by atoms with Crippen molar-refractivity contribution < 1.29 is 28.5 Å². The maximum absolute atomic E-state index is 12.8. The van der Waals surface area contributed by atoms with Gasteiger partial charge in [0.15, 0.2) is 11.5 Å². The Morgan fingerprint density at radius 3 is 2.58 bits per heavy atom. The van der Waals surface area contributed by atoms with Gasteiger partial charge in [0.25, 0.3) is 0 Å². The molecule has 4 rings (SSSR count). The van der Waals surface area contributed by atoms with E-state index in [1.807, 2.05) is 25.1 Å². The molecular formula is C30H30N2O6. The summed E-state index contributed by atoms with van der Waals surface area (Å²) in [7, 11) is 1.57. The first-order valence-corrected chi connectivity index (χ1v) is 12.3. The van der Waals surface area contributed by atoms with E-state index in [2.05, 4.69) is 19.9 Å². The maximum atomic E-state index is 12.8. The molecule has 0 saturated carbocycles. The lowest BCUT2D eigenvalue weighted by Gasteiger charge is -2.27. The molecule has 0 aliphatic carbocycles. The number of carbonyl (C=O) groups excluding carboxylic acids is 1. The van der Waals surface area contributed by atoms with Crippen molar-refractivity contribution in [2.45, 2.75) is 26.7 Å². The van der Waals surface area contributed by atoms with E-state index in [9.17, 15) is 10.1 Å². The number of rotatable bonds is 9. The van der Waals surface area contributed by atoms with Crippen molar-refractivity contribution in [2.24, 2.45) is 11.7 Å². The molecule has 1 aliphatic heterocycles. The zero-order valence-corrected chi connectivity index (χ0v) is 21.8. The van der Waals surface area contributed by atoms with Crippen LogP contribution in [0.3, 0.4) is 0 Å². The van der Waals surface area contributed by atoms with E-state index in [4.69, 9.17) is 29.4 Å². The highest BCUT2D eigenvalue weighted by atomic mass is 16.5. The predicted molar refractivity (Wildman–Crippen MR) is 142 cm³/mol. The summed E-state index contributed by atoms with van der Waals surface area (Å²) in [6.07, 6.45) is 0. The lowest BCUT2D eigenvalue weighted by molar-refractivity contribution is 0.0734. The van der Waals surface area contributed by atoms with Gasteiger partial charge >= 0.3 is 5.97 Å². The van der Waals surface area contributed by atoms with Gasteiger partial charge in [-0.2, -0.15) is 5.26 Å². The topological polar surface area (TPSA) is 113 Å². The summed E-state index contributed by atoms with van der Waals surface area (Å²) < 4.78 is 28.3. The number of nitrogens with zero attached hydrogens (tertiary/aromatic N) is 1. The lowest BCUT2D eigenvalue weighted by Crippen LogP contribution is -2.21. The highest BCUT2D eigenvalue weighted by Crippen LogP contribution is 2.45. The minimum absolute atomic E-state index is 0.0167. The van der Waals surface area contributed by atoms with Crippen LogP contribution in [0.15, 0.2) is 72.1 Å². The number of nitrogens with two attached hydrogens (primary N) is 1. The minimum Gasteiger partial charge on any atom is -0.494 e. The zero-order chi connectivity index (χ0) is 27.2. The van der Waals surface area contributed by atoms with E-state index in [-0.39, 0.29) is 17.2 Å². The Balaban J connectivity index is 1.65. The second-order valence-corrected chi connectivity index (χ2v) is 9.09. The van der Waals surface area contributed by atoms with Gasteiger partial charge in [-0.3, -0.25) is 0 Å². The van der Waals surface area contributed by atoms with Crippen LogP contribution in [0.4, 0.5) is 0 Å². The molecule has 1 unspecified atom stereocenters. The Morgan fingerprint density at radius 2 is 1.87 bits per heavy atom. The normalized spacial score (nSPS) is 14.3. The van der Waals surface area contributed by atoms with Gasteiger partial charge in [-0.15, -0.1) is 0 Å². The first-order chi connectivity index (χ1) is 18.3. The Hall–Kier alpha value is -4.64. The molecule has 38 heavy (non-hydrogen) atoms. The third-order valence-electron chi connectivity index (χ3n) is 5.88. The first kappa shape index (κ1) is 26.4. The van der Waals surface area contributed by atoms with Gasteiger partial charge in [0.1, 0.15) is 28.9 Å². The smallest absolute Gasteiger partial charge is 0.343 e. The molecule has 0 spiro atoms. The quantitative estimate of drug-likeness (QED) is 0.291. The molecule has 8 nitrogen and oxygen atoms in total. The Labute approximate surface area is 222 Å². The third-order valence-corrected chi connectivity index (χ3v) is 5.88. The standard InChI is InChI=1S/C30H30N2O6/c1-5-35-21-8-6-7-20(13-21)30(33)37-22-10-11-23-26(15-22)38-29(32)24(16-31)28(23)19-9-12-25(27(14-19)34-4)36-17-18(2)3/h6-15,18,28H,5,17,32H2,1-4H3. The summed E-state index contributed by atoms with van der Waals surface area (Å²) >= 11 is 0. The molecule has 1 heterocycles. The van der Waals surface area contributed by atoms with Crippen LogP contribution in [0, 0.1) is 17.2 Å². The zero-order valence-electron chi connectivity index (χ0n) is 21.8. The number of ether oxygens (including phenoxy) is 5. The van der Waals surface area contributed by atoms with E-state index in [1.54, 1.807) is 49.6 Å². The molecule has 0 fully saturated rings. The van der Waals surface area contributed by atoms with E-state index < -0.39 is 11.9 Å². The molecule has 0 saturated heterocycles. The SMILES string of the molecule is CCOc1cccc(C(=O)Oc2ccc3c(c2)OC(N)=C(C#N)C3c2ccc(OCC(C)C)c(OC)c2)c1. The van der Waals surface area contributed by atoms with Crippen molar-refractivity contribution in [3.8, 4) is 34.8 Å². The average molecular weight is 515 g/mol. The van der Waals surface area contributed by atoms with Gasteiger partial charge in [0.2, 0.25) is 5.88 Å². The largest absolute Gasteiger partial charge is 0.494 e. The molecule has 0 aromatic heterocycles. The lowest BCUT2D eigenvalue weighted by atomic mass is 9.83. The van der Waals surface area contributed by atoms with Crippen LogP contribution >= 0.6 is 0 Å². The van der Waals surface area contributed by atoms with Gasteiger partial charge in [0.05, 0.1) is 31.8 Å². The molecule has 1 aliphatic rings. The molecule has 3 aromatic rings. The van der Waals surface area contributed by atoms with Crippen molar-refractivity contribution in [1.82, 2.24) is 0 Å². The number of allylic oxidation sites excluding steroid dienone is 1. The fourth-order valence-electron chi connectivity index (χ4n) is 4.13. The molecule has 0 bridgehead atoms. The molecule has 0 amide bonds. The highest BCUT2D eigenvalue weighted by molar-refractivity contribution is 5.91. The van der Waals surface area contributed by atoms with Gasteiger partial charge < -0.3 is 29.4 Å². The van der Waals surface area contributed by atoms with E-state index in [0.717, 1.165) is 5.56 Å². The number of hydrogen-bond donors (Lipinski definition) is 1. The van der Waals surface area contributed by atoms with Crippen molar-refractivity contribution in [1.29, 1.82) is 5.26 Å². The summed E-state index contributed by atoms with van der Waals surface area (Å²) in [6.45, 7) is 7.03. The van der Waals surface area contributed by atoms with E-state index in [1.165, 1.54) is 0 Å². The number of hydrogen-bond acceptors (Lipinski definition) is 8. The maximum Gasteiger partial charge on any atom is 0.343 e. The van der Waals surface area contributed by atoms with Crippen molar-refractivity contribution in [3.05, 3.63) is 88.8 Å². The minimum atomic E-state index is -0.540. The van der Waals surface area contributed by atoms with Gasteiger partial charge in [-0.25, -0.2) is 4.79 Å². The van der Waals surface area contributed by atoms with Crippen molar-refractivity contribution in [2.75, 3.05) is 20.3 Å². The van der Waals surface area contributed by atoms with Crippen LogP contribution in [0.5, 0.6) is 28.7 Å². The van der Waals surface area contributed by atoms with Crippen LogP contribution in [0.2, 0.25) is 0 Å². The summed E-state index contributed by atoms with van der Waals surface area (Å²) in [5, 5.41) is 9.90. The van der Waals surface area contributed by atoms with Crippen molar-refractivity contribution >= 4 is 5.97 Å². The third kappa shape index (κ3) is 5.68. The summed E-state index contributed by atoms with van der Waals surface area (Å²) in [6, 6.07) is 19.5. The van der Waals surface area contributed by atoms with Gasteiger partial charge in [-0.1, -0.05) is 32.0 Å². The molecular weight excluding hydrogens is 484 g/mol. The van der Waals surface area contributed by atoms with Gasteiger partial charge in [-0.05, 0) is 54.8 Å². The first-order valence-electron chi connectivity index (χ1n) is 12.3. The number of esters is 1. The summed E-state index contributed by atoms with van der Waals surface area (Å²) in [5.74, 6) is 1.69. The monoisotopic (exact) mass is 514 g/mol. The number of carbonyl (C=O) groups is 1. The van der Waals surface area contributed by atoms with Crippen LogP contribution < -0.4 is 29.4 Å². The van der Waals surface area contributed by atoms with Crippen LogP contribution in [-0.2, 0) is 0 Å². The van der Waals surface area contributed by atoms with E-state index >= 15 is 0 Å². The highest BCUT2D eigenvalue weighted by Gasteiger charge is 2.32. The predicted octanol–water partition coefficient (Wildman–Crippen LogP) is 5.57. The summed E-state index contributed by atoms with van der Waals surface area (Å²) in [5.41, 5.74) is 8.26. The van der Waals surface area contributed by atoms with Crippen molar-refractivity contribution in [3.63, 3.8) is 0 Å². The van der Waals surface area contributed by atoms with Crippen LogP contribution in [0.1, 0.15) is 48.2 Å². The Morgan fingerprint density at radius 1 is 1.05 bits per heavy atom. The van der Waals surface area contributed by atoms with Crippen LogP contribution in [-0.4, -0.2) is 26.3 Å². The molecule has 3 aromatic carbocycles. The van der Waals surface area contributed by atoms with Crippen LogP contribution in [0.25, 0.3) is 0 Å². The Bertz CT molecular complexity index is 1410. The number of benzene rings is 3. The molecule has 8 heteroatoms. The summed E-state index contributed by atoms with van der Waals surface area (Å²) in [4.78, 5) is 12.8. The second-order valence-electron chi connectivity index (χ2n) is 9.09. The fraction of sp³-hybridized carbons (Fsp3) is 0.267. The molecule has 196 valence electrons. The fourth-order valence-corrected chi connectivity index (χ4v) is 4.13. The second kappa shape index (κ2) is 11.6.